The summed E-state index contributed by atoms with van der Waals surface area (Å²) in [7, 11) is 0. The number of hydrogen-bond acceptors (Lipinski definition) is 4. The average Bonchev–Trinajstić information content (AvgIpc) is 2.95. The van der Waals surface area contributed by atoms with Crippen LogP contribution in [0.3, 0.4) is 0 Å². The van der Waals surface area contributed by atoms with E-state index in [1.165, 1.54) is 0 Å². The largest absolute Gasteiger partial charge is 0.490 e. The summed E-state index contributed by atoms with van der Waals surface area (Å²) in [4.78, 5) is 29.2. The number of amides is 2. The molecule has 1 N–H and O–H groups in total. The van der Waals surface area contributed by atoms with Crippen molar-refractivity contribution in [1.82, 2.24) is 10.2 Å². The van der Waals surface area contributed by atoms with Crippen LogP contribution in [0.5, 0.6) is 11.5 Å². The lowest BCUT2D eigenvalue weighted by molar-refractivity contribution is -0.141. The first-order valence-corrected chi connectivity index (χ1v) is 14.0. The smallest absolute Gasteiger partial charge is 0.243 e. The van der Waals surface area contributed by atoms with Crippen LogP contribution in [0, 0.1) is 6.92 Å². The number of carbonyl (C=O) groups is 2. The van der Waals surface area contributed by atoms with Crippen LogP contribution in [0.25, 0.3) is 0 Å². The fourth-order valence-electron chi connectivity index (χ4n) is 4.54. The maximum atomic E-state index is 13.9. The van der Waals surface area contributed by atoms with E-state index in [1.807, 2.05) is 100 Å². The third-order valence-electron chi connectivity index (χ3n) is 6.66. The second-order valence-electron chi connectivity index (χ2n) is 9.59. The molecule has 1 atom stereocenters. The van der Waals surface area contributed by atoms with E-state index < -0.39 is 6.04 Å². The molecule has 0 fully saturated rings. The zero-order valence-corrected chi connectivity index (χ0v) is 23.7. The van der Waals surface area contributed by atoms with Crippen molar-refractivity contribution >= 4 is 11.8 Å². The number of carbonyl (C=O) groups excluding carboxylic acids is 2. The number of hydrogen-bond donors (Lipinski definition) is 1. The van der Waals surface area contributed by atoms with Crippen LogP contribution in [0.4, 0.5) is 0 Å². The highest BCUT2D eigenvalue weighted by Crippen LogP contribution is 2.29. The Morgan fingerprint density at radius 3 is 2.23 bits per heavy atom. The van der Waals surface area contributed by atoms with E-state index in [9.17, 15) is 9.59 Å². The molecule has 6 nitrogen and oxygen atoms in total. The molecule has 2 amide bonds. The Hall–Kier alpha value is -3.80. The highest BCUT2D eigenvalue weighted by molar-refractivity contribution is 5.88. The first kappa shape index (κ1) is 29.8. The van der Waals surface area contributed by atoms with Crippen molar-refractivity contribution in [1.29, 1.82) is 0 Å². The zero-order valence-electron chi connectivity index (χ0n) is 23.7. The Bertz CT molecular complexity index is 1200. The second-order valence-corrected chi connectivity index (χ2v) is 9.59. The van der Waals surface area contributed by atoms with Gasteiger partial charge in [-0.2, -0.15) is 0 Å². The number of aryl methyl sites for hydroxylation is 2. The highest BCUT2D eigenvalue weighted by Gasteiger charge is 2.30. The van der Waals surface area contributed by atoms with Gasteiger partial charge in [-0.3, -0.25) is 9.59 Å². The van der Waals surface area contributed by atoms with Gasteiger partial charge in [0.25, 0.3) is 0 Å². The lowest BCUT2D eigenvalue weighted by atomic mass is 10.00. The van der Waals surface area contributed by atoms with E-state index in [2.05, 4.69) is 5.32 Å². The molecule has 3 aromatic rings. The molecule has 208 valence electrons. The summed E-state index contributed by atoms with van der Waals surface area (Å²) in [5, 5.41) is 3.04. The molecule has 39 heavy (non-hydrogen) atoms. The lowest BCUT2D eigenvalue weighted by Gasteiger charge is -2.32. The molecule has 6 heteroatoms. The average molecular weight is 531 g/mol. The molecule has 0 radical (unpaired) electrons. The fourth-order valence-corrected chi connectivity index (χ4v) is 4.54. The van der Waals surface area contributed by atoms with Gasteiger partial charge in [-0.1, -0.05) is 67.6 Å². The molecule has 0 aliphatic carbocycles. The number of benzene rings is 3. The third kappa shape index (κ3) is 8.88. The number of nitrogens with zero attached hydrogens (tertiary/aromatic N) is 1. The normalized spacial score (nSPS) is 11.5. The van der Waals surface area contributed by atoms with E-state index >= 15 is 0 Å². The zero-order chi connectivity index (χ0) is 28.0. The summed E-state index contributed by atoms with van der Waals surface area (Å²) in [6.07, 6.45) is 2.09. The van der Waals surface area contributed by atoms with Crippen molar-refractivity contribution in [2.24, 2.45) is 0 Å². The first-order valence-electron chi connectivity index (χ1n) is 14.0. The van der Waals surface area contributed by atoms with E-state index in [4.69, 9.17) is 9.47 Å². The molecule has 0 spiro atoms. The summed E-state index contributed by atoms with van der Waals surface area (Å²) in [6, 6.07) is 23.1. The Morgan fingerprint density at radius 2 is 1.54 bits per heavy atom. The Labute approximate surface area is 233 Å². The topological polar surface area (TPSA) is 67.9 Å². The Kier molecular flexibility index (Phi) is 11.9. The molecule has 3 aromatic carbocycles. The molecule has 0 unspecified atom stereocenters. The maximum absolute atomic E-state index is 13.9. The van der Waals surface area contributed by atoms with Gasteiger partial charge >= 0.3 is 0 Å². The molecular weight excluding hydrogens is 488 g/mol. The van der Waals surface area contributed by atoms with Crippen molar-refractivity contribution in [2.75, 3.05) is 19.8 Å². The Morgan fingerprint density at radius 1 is 0.846 bits per heavy atom. The number of nitrogens with one attached hydrogen (secondary N) is 1. The van der Waals surface area contributed by atoms with E-state index in [-0.39, 0.29) is 18.2 Å². The van der Waals surface area contributed by atoms with E-state index in [1.54, 1.807) is 4.90 Å². The molecule has 3 rings (SSSR count). The number of rotatable bonds is 15. The molecular formula is C33H42N2O4. The SMILES string of the molecule is CCCNC(=O)[C@H](Cc1ccccc1)N(Cc1ccccc1C)C(=O)CCc1ccc(OCC)c(OCC)c1. The predicted molar refractivity (Wildman–Crippen MR) is 156 cm³/mol. The van der Waals surface area contributed by atoms with E-state index in [0.29, 0.717) is 50.6 Å². The van der Waals surface area contributed by atoms with Crippen molar-refractivity contribution in [3.8, 4) is 11.5 Å². The van der Waals surface area contributed by atoms with Crippen LogP contribution in [0.1, 0.15) is 55.9 Å². The second kappa shape index (κ2) is 15.6. The van der Waals surface area contributed by atoms with Crippen LogP contribution in [0.2, 0.25) is 0 Å². The third-order valence-corrected chi connectivity index (χ3v) is 6.66. The molecule has 0 aliphatic rings. The van der Waals surface area contributed by atoms with Gasteiger partial charge in [0, 0.05) is 25.9 Å². The van der Waals surface area contributed by atoms with Crippen LogP contribution in [-0.2, 0) is 29.0 Å². The highest BCUT2D eigenvalue weighted by atomic mass is 16.5. The molecule has 0 bridgehead atoms. The minimum Gasteiger partial charge on any atom is -0.490 e. The molecule has 0 saturated carbocycles. The monoisotopic (exact) mass is 530 g/mol. The van der Waals surface area contributed by atoms with Crippen LogP contribution < -0.4 is 14.8 Å². The maximum Gasteiger partial charge on any atom is 0.243 e. The van der Waals surface area contributed by atoms with Crippen molar-refractivity contribution in [3.63, 3.8) is 0 Å². The molecule has 0 saturated heterocycles. The molecule has 0 heterocycles. The fraction of sp³-hybridized carbons (Fsp3) is 0.394. The minimum atomic E-state index is -0.620. The predicted octanol–water partition coefficient (Wildman–Crippen LogP) is 5.89. The quantitative estimate of drug-likeness (QED) is 0.266. The molecule has 0 aromatic heterocycles. The van der Waals surface area contributed by atoms with Crippen molar-refractivity contribution in [2.45, 2.75) is 66.0 Å². The standard InChI is InChI=1S/C33H42N2O4/c1-5-21-34-33(37)29(22-26-14-9-8-10-15-26)35(24-28-16-12-11-13-25(28)4)32(36)20-18-27-17-19-30(38-6-2)31(23-27)39-7-3/h8-17,19,23,29H,5-7,18,20-22,24H2,1-4H3,(H,34,37)/t29-/m0/s1. The summed E-state index contributed by atoms with van der Waals surface area (Å²) >= 11 is 0. The van der Waals surface area contributed by atoms with Crippen LogP contribution in [0.15, 0.2) is 72.8 Å². The van der Waals surface area contributed by atoms with Gasteiger partial charge in [0.2, 0.25) is 11.8 Å². The van der Waals surface area contributed by atoms with Gasteiger partial charge in [0.05, 0.1) is 13.2 Å². The minimum absolute atomic E-state index is 0.0577. The summed E-state index contributed by atoms with van der Waals surface area (Å²) in [5.41, 5.74) is 4.13. The first-order chi connectivity index (χ1) is 19.0. The summed E-state index contributed by atoms with van der Waals surface area (Å²) in [6.45, 7) is 9.96. The summed E-state index contributed by atoms with van der Waals surface area (Å²) < 4.78 is 11.5. The van der Waals surface area contributed by atoms with Crippen LogP contribution in [-0.4, -0.2) is 42.5 Å². The van der Waals surface area contributed by atoms with E-state index in [0.717, 1.165) is 28.7 Å². The van der Waals surface area contributed by atoms with Gasteiger partial charge in [-0.05, 0) is 68.0 Å². The van der Waals surface area contributed by atoms with Crippen molar-refractivity contribution in [3.05, 3.63) is 95.1 Å². The number of ether oxygens (including phenoxy) is 2. The summed E-state index contributed by atoms with van der Waals surface area (Å²) in [5.74, 6) is 1.20. The van der Waals surface area contributed by atoms with Crippen molar-refractivity contribution < 1.29 is 19.1 Å². The van der Waals surface area contributed by atoms with Crippen LogP contribution >= 0.6 is 0 Å². The van der Waals surface area contributed by atoms with Gasteiger partial charge < -0.3 is 19.7 Å². The van der Waals surface area contributed by atoms with Gasteiger partial charge in [0.15, 0.2) is 11.5 Å². The molecule has 0 aliphatic heterocycles. The lowest BCUT2D eigenvalue weighted by Crippen LogP contribution is -2.50. The Balaban J connectivity index is 1.89. The van der Waals surface area contributed by atoms with Gasteiger partial charge in [-0.15, -0.1) is 0 Å². The van der Waals surface area contributed by atoms with Gasteiger partial charge in [0.1, 0.15) is 6.04 Å². The van der Waals surface area contributed by atoms with Gasteiger partial charge in [-0.25, -0.2) is 0 Å².